The minimum Gasteiger partial charge on any atom is -0.381 e. The lowest BCUT2D eigenvalue weighted by Gasteiger charge is -2.39. The second-order valence-electron chi connectivity index (χ2n) is 5.95. The number of piperidine rings is 1. The van der Waals surface area contributed by atoms with E-state index in [1.807, 2.05) is 0 Å². The summed E-state index contributed by atoms with van der Waals surface area (Å²) in [5, 5.41) is 3.53. The Hall–Kier alpha value is -0.120. The Morgan fingerprint density at radius 2 is 2.22 bits per heavy atom. The molecule has 0 bridgehead atoms. The number of hydrogen-bond donors (Lipinski definition) is 1. The molecule has 18 heavy (non-hydrogen) atoms. The van der Waals surface area contributed by atoms with Crippen molar-refractivity contribution in [2.24, 2.45) is 5.92 Å². The average molecular weight is 254 g/mol. The Balaban J connectivity index is 1.87. The molecule has 3 nitrogen and oxygen atoms in total. The fraction of sp³-hybridized carbons (Fsp3) is 1.00. The van der Waals surface area contributed by atoms with Crippen LogP contribution < -0.4 is 5.32 Å². The largest absolute Gasteiger partial charge is 0.381 e. The summed E-state index contributed by atoms with van der Waals surface area (Å²) in [7, 11) is 2.11. The quantitative estimate of drug-likeness (QED) is 0.787. The molecule has 2 rings (SSSR count). The van der Waals surface area contributed by atoms with Gasteiger partial charge in [-0.3, -0.25) is 4.90 Å². The maximum absolute atomic E-state index is 5.54. The second kappa shape index (κ2) is 7.46. The van der Waals surface area contributed by atoms with Gasteiger partial charge < -0.3 is 10.1 Å². The minimum atomic E-state index is 0.616. The molecule has 2 aliphatic heterocycles. The summed E-state index contributed by atoms with van der Waals surface area (Å²) < 4.78 is 5.54. The van der Waals surface area contributed by atoms with Crippen LogP contribution in [0.3, 0.4) is 0 Å². The summed E-state index contributed by atoms with van der Waals surface area (Å²) in [6.45, 7) is 6.75. The maximum Gasteiger partial charge on any atom is 0.0510 e. The number of hydrogen-bond acceptors (Lipinski definition) is 3. The van der Waals surface area contributed by atoms with Crippen molar-refractivity contribution < 1.29 is 4.74 Å². The van der Waals surface area contributed by atoms with E-state index in [1.165, 1.54) is 51.6 Å². The standard InChI is InChI=1S/C15H30N2O/c1-3-6-14-7-4-5-9-17(14)11-15(16-2)13-8-10-18-12-13/h13-16H,3-12H2,1-2H3. The molecule has 3 atom stereocenters. The molecule has 106 valence electrons. The zero-order valence-electron chi connectivity index (χ0n) is 12.2. The molecule has 0 aromatic heterocycles. The number of nitrogens with one attached hydrogen (secondary N) is 1. The van der Waals surface area contributed by atoms with Crippen molar-refractivity contribution >= 4 is 0 Å². The predicted octanol–water partition coefficient (Wildman–Crippen LogP) is 2.27. The normalized spacial score (nSPS) is 31.7. The summed E-state index contributed by atoms with van der Waals surface area (Å²) >= 11 is 0. The molecule has 0 aromatic rings. The number of likely N-dealkylation sites (tertiary alicyclic amines) is 1. The monoisotopic (exact) mass is 254 g/mol. The molecule has 2 saturated heterocycles. The van der Waals surface area contributed by atoms with Gasteiger partial charge in [-0.15, -0.1) is 0 Å². The van der Waals surface area contributed by atoms with Gasteiger partial charge in [0.05, 0.1) is 6.61 Å². The Morgan fingerprint density at radius 1 is 1.33 bits per heavy atom. The van der Waals surface area contributed by atoms with Crippen LogP contribution in [0.2, 0.25) is 0 Å². The van der Waals surface area contributed by atoms with Gasteiger partial charge >= 0.3 is 0 Å². The highest BCUT2D eigenvalue weighted by molar-refractivity contribution is 4.85. The first-order chi connectivity index (χ1) is 8.85. The van der Waals surface area contributed by atoms with Gasteiger partial charge in [-0.1, -0.05) is 19.8 Å². The van der Waals surface area contributed by atoms with Gasteiger partial charge in [0, 0.05) is 31.2 Å². The molecule has 2 aliphatic rings. The first-order valence-corrected chi connectivity index (χ1v) is 7.84. The Morgan fingerprint density at radius 3 is 2.89 bits per heavy atom. The molecule has 0 spiro atoms. The third-order valence-electron chi connectivity index (χ3n) is 4.71. The van der Waals surface area contributed by atoms with Gasteiger partial charge in [-0.2, -0.15) is 0 Å². The van der Waals surface area contributed by atoms with E-state index in [2.05, 4.69) is 24.2 Å². The average Bonchev–Trinajstić information content (AvgIpc) is 2.92. The van der Waals surface area contributed by atoms with Crippen LogP contribution in [0.5, 0.6) is 0 Å². The summed E-state index contributed by atoms with van der Waals surface area (Å²) in [6.07, 6.45) is 8.15. The smallest absolute Gasteiger partial charge is 0.0510 e. The van der Waals surface area contributed by atoms with E-state index in [1.54, 1.807) is 0 Å². The van der Waals surface area contributed by atoms with E-state index >= 15 is 0 Å². The van der Waals surface area contributed by atoms with Crippen LogP contribution in [0.15, 0.2) is 0 Å². The van der Waals surface area contributed by atoms with Crippen LogP contribution in [-0.2, 0) is 4.74 Å². The van der Waals surface area contributed by atoms with Crippen molar-refractivity contribution in [3.8, 4) is 0 Å². The van der Waals surface area contributed by atoms with E-state index in [9.17, 15) is 0 Å². The van der Waals surface area contributed by atoms with E-state index in [0.29, 0.717) is 6.04 Å². The Labute approximate surface area is 112 Å². The third-order valence-corrected chi connectivity index (χ3v) is 4.71. The number of rotatable bonds is 6. The summed E-state index contributed by atoms with van der Waals surface area (Å²) in [4.78, 5) is 2.74. The van der Waals surface area contributed by atoms with Crippen molar-refractivity contribution in [3.63, 3.8) is 0 Å². The number of nitrogens with zero attached hydrogens (tertiary/aromatic N) is 1. The molecule has 0 radical (unpaired) electrons. The fourth-order valence-electron chi connectivity index (χ4n) is 3.56. The molecule has 0 aromatic carbocycles. The molecule has 2 fully saturated rings. The van der Waals surface area contributed by atoms with Crippen LogP contribution in [0, 0.1) is 5.92 Å². The van der Waals surface area contributed by atoms with Crippen molar-refractivity contribution in [1.29, 1.82) is 0 Å². The van der Waals surface area contributed by atoms with Crippen molar-refractivity contribution in [3.05, 3.63) is 0 Å². The highest BCUT2D eigenvalue weighted by Gasteiger charge is 2.29. The third kappa shape index (κ3) is 3.69. The topological polar surface area (TPSA) is 24.5 Å². The van der Waals surface area contributed by atoms with Gasteiger partial charge in [0.25, 0.3) is 0 Å². The first kappa shape index (κ1) is 14.3. The Bertz CT molecular complexity index is 227. The molecule has 1 N–H and O–H groups in total. The lowest BCUT2D eigenvalue weighted by Crippen LogP contribution is -2.49. The molecule has 3 unspecified atom stereocenters. The zero-order chi connectivity index (χ0) is 12.8. The number of ether oxygens (including phenoxy) is 1. The maximum atomic E-state index is 5.54. The predicted molar refractivity (Wildman–Crippen MR) is 75.9 cm³/mol. The Kier molecular flexibility index (Phi) is 5.93. The molecule has 0 saturated carbocycles. The summed E-state index contributed by atoms with van der Waals surface area (Å²) in [5.41, 5.74) is 0. The molecule has 0 aliphatic carbocycles. The van der Waals surface area contributed by atoms with Crippen LogP contribution in [-0.4, -0.2) is 50.3 Å². The fourth-order valence-corrected chi connectivity index (χ4v) is 3.56. The van der Waals surface area contributed by atoms with Crippen LogP contribution >= 0.6 is 0 Å². The van der Waals surface area contributed by atoms with E-state index in [0.717, 1.165) is 25.2 Å². The lowest BCUT2D eigenvalue weighted by atomic mass is 9.94. The zero-order valence-corrected chi connectivity index (χ0v) is 12.2. The van der Waals surface area contributed by atoms with Gasteiger partial charge in [-0.25, -0.2) is 0 Å². The molecule has 0 amide bonds. The van der Waals surface area contributed by atoms with Crippen LogP contribution in [0.1, 0.15) is 45.4 Å². The summed E-state index contributed by atoms with van der Waals surface area (Å²) in [6, 6.07) is 1.45. The lowest BCUT2D eigenvalue weighted by molar-refractivity contribution is 0.108. The van der Waals surface area contributed by atoms with E-state index in [4.69, 9.17) is 4.74 Å². The first-order valence-electron chi connectivity index (χ1n) is 7.84. The van der Waals surface area contributed by atoms with Crippen LogP contribution in [0.25, 0.3) is 0 Å². The SMILES string of the molecule is CCCC1CCCCN1CC(NC)C1CCOC1. The van der Waals surface area contributed by atoms with E-state index in [-0.39, 0.29) is 0 Å². The highest BCUT2D eigenvalue weighted by atomic mass is 16.5. The second-order valence-corrected chi connectivity index (χ2v) is 5.95. The van der Waals surface area contributed by atoms with Crippen molar-refractivity contribution in [2.75, 3.05) is 33.4 Å². The molecular formula is C15H30N2O. The molecule has 2 heterocycles. The van der Waals surface area contributed by atoms with Gasteiger partial charge in [0.1, 0.15) is 0 Å². The molecule has 3 heteroatoms. The van der Waals surface area contributed by atoms with E-state index < -0.39 is 0 Å². The van der Waals surface area contributed by atoms with Crippen molar-refractivity contribution in [1.82, 2.24) is 10.2 Å². The van der Waals surface area contributed by atoms with Gasteiger partial charge in [-0.05, 0) is 39.3 Å². The minimum absolute atomic E-state index is 0.616. The number of likely N-dealkylation sites (N-methyl/N-ethyl adjacent to an activating group) is 1. The van der Waals surface area contributed by atoms with Crippen molar-refractivity contribution in [2.45, 2.75) is 57.5 Å². The molecular weight excluding hydrogens is 224 g/mol. The summed E-state index contributed by atoms with van der Waals surface area (Å²) in [5.74, 6) is 0.721. The van der Waals surface area contributed by atoms with Crippen LogP contribution in [0.4, 0.5) is 0 Å². The van der Waals surface area contributed by atoms with Gasteiger partial charge in [0.15, 0.2) is 0 Å². The van der Waals surface area contributed by atoms with Gasteiger partial charge in [0.2, 0.25) is 0 Å². The highest BCUT2D eigenvalue weighted by Crippen LogP contribution is 2.24.